The van der Waals surface area contributed by atoms with Crippen molar-refractivity contribution in [3.8, 4) is 0 Å². The van der Waals surface area contributed by atoms with Gasteiger partial charge in [-0.1, -0.05) is 266 Å². The smallest absolute Gasteiger partial charge is 0.306 e. The molecule has 6 heteroatoms. The Morgan fingerprint density at radius 2 is 0.513 bits per heavy atom. The lowest BCUT2D eigenvalue weighted by atomic mass is 10.1. The van der Waals surface area contributed by atoms with E-state index in [1.807, 2.05) is 0 Å². The number of carbonyl (C=O) groups excluding carboxylic acids is 3. The lowest BCUT2D eigenvalue weighted by Gasteiger charge is -2.18. The van der Waals surface area contributed by atoms with E-state index in [0.29, 0.717) is 19.3 Å². The van der Waals surface area contributed by atoms with Crippen LogP contribution in [-0.4, -0.2) is 37.2 Å². The highest BCUT2D eigenvalue weighted by Crippen LogP contribution is 2.16. The highest BCUT2D eigenvalue weighted by atomic mass is 16.6. The van der Waals surface area contributed by atoms with Gasteiger partial charge in [0, 0.05) is 19.3 Å². The molecule has 0 aromatic heterocycles. The fraction of sp³-hybridized carbons (Fsp3) is 0.729. The topological polar surface area (TPSA) is 78.9 Å². The van der Waals surface area contributed by atoms with Crippen LogP contribution in [0.4, 0.5) is 0 Å². The van der Waals surface area contributed by atoms with E-state index in [1.165, 1.54) is 154 Å². The first-order valence-corrected chi connectivity index (χ1v) is 32.2. The normalized spacial score (nSPS) is 12.7. The van der Waals surface area contributed by atoms with E-state index >= 15 is 0 Å². The molecule has 0 heterocycles. The van der Waals surface area contributed by atoms with Crippen LogP contribution < -0.4 is 0 Å². The van der Waals surface area contributed by atoms with Gasteiger partial charge >= 0.3 is 17.9 Å². The van der Waals surface area contributed by atoms with E-state index in [9.17, 15) is 14.4 Å². The second-order valence-corrected chi connectivity index (χ2v) is 21.3. The van der Waals surface area contributed by atoms with Gasteiger partial charge in [-0.25, -0.2) is 0 Å². The fourth-order valence-corrected chi connectivity index (χ4v) is 8.97. The Kier molecular flexibility index (Phi) is 60.8. The number of allylic oxidation sites excluding steroid dienone is 16. The van der Waals surface area contributed by atoms with Gasteiger partial charge in [-0.2, -0.15) is 0 Å². The van der Waals surface area contributed by atoms with Crippen molar-refractivity contribution in [3.05, 3.63) is 97.2 Å². The molecule has 0 bridgehead atoms. The van der Waals surface area contributed by atoms with Crippen LogP contribution in [0.3, 0.4) is 0 Å². The summed E-state index contributed by atoms with van der Waals surface area (Å²) in [7, 11) is 0. The predicted octanol–water partition coefficient (Wildman–Crippen LogP) is 22.0. The minimum atomic E-state index is -0.790. The van der Waals surface area contributed by atoms with Gasteiger partial charge in [-0.05, 0) is 122 Å². The molecule has 0 aliphatic rings. The molecule has 1 unspecified atom stereocenters. The molecule has 0 radical (unpaired) electrons. The van der Waals surface area contributed by atoms with Gasteiger partial charge in [-0.3, -0.25) is 14.4 Å². The van der Waals surface area contributed by atoms with Crippen molar-refractivity contribution in [1.82, 2.24) is 0 Å². The molecule has 0 aromatic carbocycles. The third-order valence-corrected chi connectivity index (χ3v) is 13.8. The van der Waals surface area contributed by atoms with Crippen molar-refractivity contribution < 1.29 is 28.6 Å². The largest absolute Gasteiger partial charge is 0.462 e. The number of esters is 3. The zero-order valence-electron chi connectivity index (χ0n) is 50.0. The fourth-order valence-electron chi connectivity index (χ4n) is 8.97. The molecule has 0 fully saturated rings. The first-order valence-electron chi connectivity index (χ1n) is 32.2. The average Bonchev–Trinajstić information content (AvgIpc) is 3.42. The summed E-state index contributed by atoms with van der Waals surface area (Å²) in [4.78, 5) is 38.3. The average molecular weight is 1060 g/mol. The Morgan fingerprint density at radius 3 is 0.842 bits per heavy atom. The van der Waals surface area contributed by atoms with Crippen molar-refractivity contribution in [1.29, 1.82) is 0 Å². The molecular weight excluding hydrogens is 937 g/mol. The molecule has 1 atom stereocenters. The summed E-state index contributed by atoms with van der Waals surface area (Å²) >= 11 is 0. The quantitative estimate of drug-likeness (QED) is 0.0261. The Morgan fingerprint density at radius 1 is 0.276 bits per heavy atom. The Labute approximate surface area is 470 Å². The van der Waals surface area contributed by atoms with Crippen LogP contribution in [0.5, 0.6) is 0 Å². The zero-order valence-corrected chi connectivity index (χ0v) is 50.0. The highest BCUT2D eigenvalue weighted by Gasteiger charge is 2.19. The molecule has 6 nitrogen and oxygen atoms in total. The molecule has 0 aromatic rings. The van der Waals surface area contributed by atoms with Crippen LogP contribution in [0.1, 0.15) is 310 Å². The Balaban J connectivity index is 4.37. The molecule has 0 rings (SSSR count). The Hall–Kier alpha value is -3.67. The predicted molar refractivity (Wildman–Crippen MR) is 330 cm³/mol. The minimum Gasteiger partial charge on any atom is -0.462 e. The van der Waals surface area contributed by atoms with E-state index in [2.05, 4.69) is 118 Å². The van der Waals surface area contributed by atoms with Crippen LogP contribution in [0, 0.1) is 0 Å². The van der Waals surface area contributed by atoms with Gasteiger partial charge in [0.15, 0.2) is 6.10 Å². The second kappa shape index (κ2) is 63.9. The van der Waals surface area contributed by atoms with Crippen LogP contribution in [0.25, 0.3) is 0 Å². The van der Waals surface area contributed by atoms with Crippen molar-refractivity contribution in [2.24, 2.45) is 0 Å². The number of ether oxygens (including phenoxy) is 3. The third-order valence-electron chi connectivity index (χ3n) is 13.8. The third kappa shape index (κ3) is 61.2. The molecule has 0 saturated heterocycles. The first kappa shape index (κ1) is 72.3. The van der Waals surface area contributed by atoms with Crippen LogP contribution in [0.15, 0.2) is 97.2 Å². The molecule has 436 valence electrons. The maximum atomic E-state index is 12.9. The van der Waals surface area contributed by atoms with Crippen molar-refractivity contribution in [2.75, 3.05) is 13.2 Å². The summed E-state index contributed by atoms with van der Waals surface area (Å²) in [5, 5.41) is 0. The van der Waals surface area contributed by atoms with E-state index < -0.39 is 6.10 Å². The molecule has 0 amide bonds. The maximum absolute atomic E-state index is 12.9. The van der Waals surface area contributed by atoms with Crippen molar-refractivity contribution in [3.63, 3.8) is 0 Å². The molecule has 0 aliphatic heterocycles. The molecule has 0 N–H and O–H groups in total. The standard InChI is InChI=1S/C70H120O6/c1-4-7-10-13-16-19-22-25-28-30-32-33-34-35-36-37-38-40-42-45-48-51-54-57-60-63-69(72)75-66-67(65-74-68(71)62-59-56-53-50-47-44-41-27-24-21-18-15-12-9-6-3)76-70(73)64-61-58-55-52-49-46-43-39-31-29-26-23-20-17-14-11-8-5-2/h7,10,16,18-19,21,25,27-29,31-33,35-36,41,67H,4-6,8-9,11-15,17,20,22-24,26,30,34,37-40,42-66H2,1-3H3/b10-7-,19-16-,21-18-,28-25-,31-29-,33-32-,36-35-,41-27-. The summed E-state index contributed by atoms with van der Waals surface area (Å²) in [5.41, 5.74) is 0. The van der Waals surface area contributed by atoms with Gasteiger partial charge in [0.2, 0.25) is 0 Å². The summed E-state index contributed by atoms with van der Waals surface area (Å²) in [6.07, 6.45) is 85.5. The SMILES string of the molecule is CC/C=C\C/C=C\C/C=C\C/C=C\C/C=C\CCCCCCCCCCCC(=O)OCC(COC(=O)CCCCCCC/C=C\C/C=C\CCCCC)OC(=O)CCCCCCCCC/C=C\CCCCCCCCC. The van der Waals surface area contributed by atoms with Crippen LogP contribution in [0.2, 0.25) is 0 Å². The number of unbranched alkanes of at least 4 members (excludes halogenated alkanes) is 31. The van der Waals surface area contributed by atoms with Crippen molar-refractivity contribution in [2.45, 2.75) is 316 Å². The number of hydrogen-bond donors (Lipinski definition) is 0. The van der Waals surface area contributed by atoms with Crippen molar-refractivity contribution >= 4 is 17.9 Å². The lowest BCUT2D eigenvalue weighted by Crippen LogP contribution is -2.30. The first-order chi connectivity index (χ1) is 37.5. The van der Waals surface area contributed by atoms with Gasteiger partial charge < -0.3 is 14.2 Å². The van der Waals surface area contributed by atoms with E-state index in [-0.39, 0.29) is 31.1 Å². The highest BCUT2D eigenvalue weighted by molar-refractivity contribution is 5.71. The monoisotopic (exact) mass is 1060 g/mol. The second-order valence-electron chi connectivity index (χ2n) is 21.3. The van der Waals surface area contributed by atoms with Crippen LogP contribution in [-0.2, 0) is 28.6 Å². The van der Waals surface area contributed by atoms with E-state index in [1.54, 1.807) is 0 Å². The molecular formula is C70H120O6. The summed E-state index contributed by atoms with van der Waals surface area (Å²) in [6.45, 7) is 6.50. The molecule has 0 aliphatic carbocycles. The van der Waals surface area contributed by atoms with Gasteiger partial charge in [-0.15, -0.1) is 0 Å². The molecule has 0 saturated carbocycles. The van der Waals surface area contributed by atoms with Gasteiger partial charge in [0.25, 0.3) is 0 Å². The summed E-state index contributed by atoms with van der Waals surface area (Å²) < 4.78 is 16.9. The van der Waals surface area contributed by atoms with Gasteiger partial charge in [0.1, 0.15) is 13.2 Å². The molecule has 0 spiro atoms. The van der Waals surface area contributed by atoms with Gasteiger partial charge in [0.05, 0.1) is 0 Å². The van der Waals surface area contributed by atoms with Crippen LogP contribution >= 0.6 is 0 Å². The Bertz CT molecular complexity index is 1490. The minimum absolute atomic E-state index is 0.0864. The molecule has 76 heavy (non-hydrogen) atoms. The number of hydrogen-bond acceptors (Lipinski definition) is 6. The zero-order chi connectivity index (χ0) is 55.0. The maximum Gasteiger partial charge on any atom is 0.306 e. The number of rotatable bonds is 58. The summed E-state index contributed by atoms with van der Waals surface area (Å²) in [5.74, 6) is -0.900. The van der Waals surface area contributed by atoms with E-state index in [4.69, 9.17) is 14.2 Å². The summed E-state index contributed by atoms with van der Waals surface area (Å²) in [6, 6.07) is 0. The van der Waals surface area contributed by atoms with E-state index in [0.717, 1.165) is 116 Å². The number of carbonyl (C=O) groups is 3. The lowest BCUT2D eigenvalue weighted by molar-refractivity contribution is -0.167.